The number of rotatable bonds is 2. The van der Waals surface area contributed by atoms with Crippen molar-refractivity contribution in [2.45, 2.75) is 40.5 Å². The quantitative estimate of drug-likeness (QED) is 0.611. The number of hydrogen-bond donors (Lipinski definition) is 0. The van der Waals surface area contributed by atoms with Gasteiger partial charge in [-0.3, -0.25) is 0 Å². The second-order valence-corrected chi connectivity index (χ2v) is 4.23. The summed E-state index contributed by atoms with van der Waals surface area (Å²) < 4.78 is 0. The third kappa shape index (κ3) is 2.02. The van der Waals surface area contributed by atoms with Crippen LogP contribution < -0.4 is 0 Å². The molecule has 0 atom stereocenters. The Bertz CT molecular complexity index is 169. The zero-order valence-electron chi connectivity index (χ0n) is 8.85. The number of likely N-dealkylation sites (tertiary alicyclic amines) is 1. The van der Waals surface area contributed by atoms with Crippen molar-refractivity contribution >= 4 is 0 Å². The van der Waals surface area contributed by atoms with Crippen LogP contribution in [0.4, 0.5) is 0 Å². The maximum absolute atomic E-state index is 2.56. The molecule has 12 heavy (non-hydrogen) atoms. The Morgan fingerprint density at radius 3 is 1.92 bits per heavy atom. The van der Waals surface area contributed by atoms with Crippen molar-refractivity contribution in [3.8, 4) is 0 Å². The lowest BCUT2D eigenvalue weighted by atomic mass is 10.1. The number of nitrogens with zero attached hydrogens (tertiary/aromatic N) is 1. The maximum Gasteiger partial charge on any atom is 0.0175 e. The highest BCUT2D eigenvalue weighted by atomic mass is 15.2. The molecular formula is C11H21N. The van der Waals surface area contributed by atoms with E-state index in [9.17, 15) is 0 Å². The molecule has 0 aliphatic carbocycles. The van der Waals surface area contributed by atoms with Crippen molar-refractivity contribution in [1.82, 2.24) is 4.90 Å². The first-order chi connectivity index (χ1) is 5.63. The van der Waals surface area contributed by atoms with Crippen molar-refractivity contribution in [2.75, 3.05) is 13.1 Å². The van der Waals surface area contributed by atoms with Gasteiger partial charge in [0.2, 0.25) is 0 Å². The molecule has 1 heteroatoms. The third-order valence-electron chi connectivity index (χ3n) is 2.51. The molecule has 0 saturated carbocycles. The van der Waals surface area contributed by atoms with Gasteiger partial charge in [-0.2, -0.15) is 0 Å². The Kier molecular flexibility index (Phi) is 3.19. The van der Waals surface area contributed by atoms with Gasteiger partial charge in [0.05, 0.1) is 0 Å². The Hall–Kier alpha value is -0.460. The Labute approximate surface area is 76.5 Å². The number of allylic oxidation sites excluding steroid dienone is 2. The van der Waals surface area contributed by atoms with Crippen LogP contribution >= 0.6 is 0 Å². The first-order valence-electron chi connectivity index (χ1n) is 5.05. The van der Waals surface area contributed by atoms with E-state index < -0.39 is 0 Å². The highest BCUT2D eigenvalue weighted by Crippen LogP contribution is 2.23. The van der Waals surface area contributed by atoms with Crippen molar-refractivity contribution in [1.29, 1.82) is 0 Å². The molecule has 1 fully saturated rings. The molecule has 1 nitrogen and oxygen atoms in total. The monoisotopic (exact) mass is 167 g/mol. The summed E-state index contributed by atoms with van der Waals surface area (Å²) in [6.07, 6.45) is 2.76. The molecule has 0 aromatic carbocycles. The van der Waals surface area contributed by atoms with E-state index in [0.717, 1.165) is 0 Å². The van der Waals surface area contributed by atoms with E-state index >= 15 is 0 Å². The van der Waals surface area contributed by atoms with Gasteiger partial charge in [-0.25, -0.2) is 0 Å². The Morgan fingerprint density at radius 1 is 1.08 bits per heavy atom. The highest BCUT2D eigenvalue weighted by Gasteiger charge is 2.17. The van der Waals surface area contributed by atoms with Gasteiger partial charge in [0.25, 0.3) is 0 Å². The minimum absolute atomic E-state index is 0.688. The molecule has 0 spiro atoms. The van der Waals surface area contributed by atoms with E-state index in [1.165, 1.54) is 31.5 Å². The summed E-state index contributed by atoms with van der Waals surface area (Å²) in [5.41, 5.74) is 3.07. The number of hydrogen-bond acceptors (Lipinski definition) is 1. The normalized spacial score (nSPS) is 17.2. The van der Waals surface area contributed by atoms with E-state index in [1.807, 2.05) is 0 Å². The molecule has 70 valence electrons. The second kappa shape index (κ2) is 3.97. The molecule has 0 aromatic rings. The zero-order chi connectivity index (χ0) is 9.14. The van der Waals surface area contributed by atoms with Gasteiger partial charge in [0, 0.05) is 18.8 Å². The largest absolute Gasteiger partial charge is 0.375 e. The van der Waals surface area contributed by atoms with Crippen LogP contribution in [0.2, 0.25) is 0 Å². The molecule has 1 aliphatic heterocycles. The van der Waals surface area contributed by atoms with Crippen LogP contribution in [0.25, 0.3) is 0 Å². The zero-order valence-corrected chi connectivity index (χ0v) is 8.85. The van der Waals surface area contributed by atoms with Gasteiger partial charge in [-0.05, 0) is 32.6 Å². The van der Waals surface area contributed by atoms with Crippen LogP contribution in [0, 0.1) is 5.92 Å². The summed E-state index contributed by atoms with van der Waals surface area (Å²) in [6, 6.07) is 0. The SMILES string of the molecule is CC(C)=C(C(C)C)N1CCCC1. The summed E-state index contributed by atoms with van der Waals surface area (Å²) in [7, 11) is 0. The molecule has 0 N–H and O–H groups in total. The second-order valence-electron chi connectivity index (χ2n) is 4.23. The molecule has 0 amide bonds. The molecule has 0 aromatic heterocycles. The van der Waals surface area contributed by atoms with Crippen molar-refractivity contribution in [3.63, 3.8) is 0 Å². The minimum atomic E-state index is 0.688. The summed E-state index contributed by atoms with van der Waals surface area (Å²) >= 11 is 0. The fraction of sp³-hybridized carbons (Fsp3) is 0.818. The summed E-state index contributed by atoms with van der Waals surface area (Å²) in [6.45, 7) is 11.6. The molecule has 1 saturated heterocycles. The van der Waals surface area contributed by atoms with Gasteiger partial charge >= 0.3 is 0 Å². The van der Waals surface area contributed by atoms with Gasteiger partial charge in [0.15, 0.2) is 0 Å². The predicted octanol–water partition coefficient (Wildman–Crippen LogP) is 3.03. The lowest BCUT2D eigenvalue weighted by Crippen LogP contribution is -2.23. The van der Waals surface area contributed by atoms with E-state index in [-0.39, 0.29) is 0 Å². The van der Waals surface area contributed by atoms with Gasteiger partial charge in [0.1, 0.15) is 0 Å². The fourth-order valence-electron chi connectivity index (χ4n) is 2.22. The molecule has 0 unspecified atom stereocenters. The van der Waals surface area contributed by atoms with E-state index in [2.05, 4.69) is 32.6 Å². The van der Waals surface area contributed by atoms with Crippen molar-refractivity contribution in [2.24, 2.45) is 5.92 Å². The highest BCUT2D eigenvalue weighted by molar-refractivity contribution is 5.12. The van der Waals surface area contributed by atoms with Crippen LogP contribution in [0.1, 0.15) is 40.5 Å². The van der Waals surface area contributed by atoms with Gasteiger partial charge < -0.3 is 4.90 Å². The van der Waals surface area contributed by atoms with Gasteiger partial charge in [-0.1, -0.05) is 19.4 Å². The molecule has 0 bridgehead atoms. The first-order valence-corrected chi connectivity index (χ1v) is 5.05. The van der Waals surface area contributed by atoms with Crippen LogP contribution in [-0.4, -0.2) is 18.0 Å². The van der Waals surface area contributed by atoms with Crippen LogP contribution in [0.5, 0.6) is 0 Å². The van der Waals surface area contributed by atoms with Gasteiger partial charge in [-0.15, -0.1) is 0 Å². The minimum Gasteiger partial charge on any atom is -0.375 e. The molecule has 1 aliphatic rings. The smallest absolute Gasteiger partial charge is 0.0175 e. The average Bonchev–Trinajstić information content (AvgIpc) is 2.37. The third-order valence-corrected chi connectivity index (χ3v) is 2.51. The summed E-state index contributed by atoms with van der Waals surface area (Å²) in [5, 5.41) is 0. The van der Waals surface area contributed by atoms with E-state index in [4.69, 9.17) is 0 Å². The topological polar surface area (TPSA) is 3.24 Å². The molecule has 1 heterocycles. The Balaban J connectivity index is 2.72. The van der Waals surface area contributed by atoms with E-state index in [1.54, 1.807) is 5.70 Å². The van der Waals surface area contributed by atoms with Crippen molar-refractivity contribution in [3.05, 3.63) is 11.3 Å². The fourth-order valence-corrected chi connectivity index (χ4v) is 2.22. The van der Waals surface area contributed by atoms with Crippen LogP contribution in [0.3, 0.4) is 0 Å². The van der Waals surface area contributed by atoms with E-state index in [0.29, 0.717) is 5.92 Å². The standard InChI is InChI=1S/C11H21N/c1-9(2)11(10(3)4)12-7-5-6-8-12/h9H,5-8H2,1-4H3. The Morgan fingerprint density at radius 2 is 1.58 bits per heavy atom. The summed E-state index contributed by atoms with van der Waals surface area (Å²) in [4.78, 5) is 2.56. The maximum atomic E-state index is 2.56. The average molecular weight is 167 g/mol. The lowest BCUT2D eigenvalue weighted by molar-refractivity contribution is 0.374. The van der Waals surface area contributed by atoms with Crippen molar-refractivity contribution < 1.29 is 0 Å². The molecule has 0 radical (unpaired) electrons. The predicted molar refractivity (Wildman–Crippen MR) is 54.0 cm³/mol. The van der Waals surface area contributed by atoms with Crippen LogP contribution in [0.15, 0.2) is 11.3 Å². The summed E-state index contributed by atoms with van der Waals surface area (Å²) in [5.74, 6) is 0.688. The lowest BCUT2D eigenvalue weighted by Gasteiger charge is -2.26. The van der Waals surface area contributed by atoms with Crippen LogP contribution in [-0.2, 0) is 0 Å². The first kappa shape index (κ1) is 9.63. The molecule has 1 rings (SSSR count). The molecular weight excluding hydrogens is 146 g/mol.